The summed E-state index contributed by atoms with van der Waals surface area (Å²) >= 11 is 0. The molecule has 0 aliphatic carbocycles. The van der Waals surface area contributed by atoms with Gasteiger partial charge in [-0.3, -0.25) is 0 Å². The fourth-order valence-electron chi connectivity index (χ4n) is 1.93. The van der Waals surface area contributed by atoms with E-state index in [1.807, 2.05) is 36.4 Å². The van der Waals surface area contributed by atoms with Crippen LogP contribution in [0.5, 0.6) is 0 Å². The van der Waals surface area contributed by atoms with Gasteiger partial charge in [-0.05, 0) is 39.1 Å². The van der Waals surface area contributed by atoms with Crippen molar-refractivity contribution >= 4 is 11.0 Å². The van der Waals surface area contributed by atoms with Crippen LogP contribution < -0.4 is 5.73 Å². The summed E-state index contributed by atoms with van der Waals surface area (Å²) in [5.74, 6) is 0. The Kier molecular flexibility index (Phi) is 2.34. The zero-order valence-corrected chi connectivity index (χ0v) is 9.13. The number of benzene rings is 2. The van der Waals surface area contributed by atoms with Crippen LogP contribution in [0.25, 0.3) is 22.2 Å². The van der Waals surface area contributed by atoms with Crippen LogP contribution in [0, 0.1) is 0 Å². The Hall–Kier alpha value is -2.20. The average Bonchev–Trinajstić information content (AvgIpc) is 2.85. The van der Waals surface area contributed by atoms with Crippen LogP contribution >= 0.6 is 0 Å². The molecule has 0 saturated carbocycles. The minimum absolute atomic E-state index is 0.519. The van der Waals surface area contributed by atoms with Gasteiger partial charge in [0.15, 0.2) is 0 Å². The maximum absolute atomic E-state index is 5.73. The van der Waals surface area contributed by atoms with Crippen LogP contribution in [-0.2, 0) is 6.54 Å². The first-order valence-electron chi connectivity index (χ1n) is 5.39. The predicted octanol–water partition coefficient (Wildman–Crippen LogP) is 2.35. The predicted molar refractivity (Wildman–Crippen MR) is 65.1 cm³/mol. The summed E-state index contributed by atoms with van der Waals surface area (Å²) in [5, 5.41) is 7.63. The SMILES string of the molecule is NCc1ccccc1-c1ccc2nonc2c1. The van der Waals surface area contributed by atoms with E-state index in [0.717, 1.165) is 27.7 Å². The highest BCUT2D eigenvalue weighted by atomic mass is 16.6. The fraction of sp³-hybridized carbons (Fsp3) is 0.0769. The lowest BCUT2D eigenvalue weighted by molar-refractivity contribution is 0.315. The molecule has 1 heterocycles. The maximum atomic E-state index is 5.73. The third kappa shape index (κ3) is 1.68. The highest BCUT2D eigenvalue weighted by molar-refractivity contribution is 5.81. The van der Waals surface area contributed by atoms with Crippen LogP contribution in [0.1, 0.15) is 5.56 Å². The summed E-state index contributed by atoms with van der Waals surface area (Å²) in [6, 6.07) is 13.9. The Morgan fingerprint density at radius 2 is 1.82 bits per heavy atom. The van der Waals surface area contributed by atoms with Crippen LogP contribution in [-0.4, -0.2) is 10.3 Å². The molecule has 0 amide bonds. The van der Waals surface area contributed by atoms with E-state index in [1.54, 1.807) is 0 Å². The molecule has 1 aromatic heterocycles. The summed E-state index contributed by atoms with van der Waals surface area (Å²) in [5.41, 5.74) is 10.6. The molecule has 0 fully saturated rings. The van der Waals surface area contributed by atoms with Crippen molar-refractivity contribution in [2.45, 2.75) is 6.54 Å². The van der Waals surface area contributed by atoms with Gasteiger partial charge in [0.2, 0.25) is 0 Å². The molecule has 0 unspecified atom stereocenters. The van der Waals surface area contributed by atoms with Gasteiger partial charge in [0, 0.05) is 6.54 Å². The topological polar surface area (TPSA) is 64.9 Å². The molecule has 0 spiro atoms. The zero-order chi connectivity index (χ0) is 11.7. The number of nitrogens with two attached hydrogens (primary N) is 1. The van der Waals surface area contributed by atoms with Gasteiger partial charge in [-0.1, -0.05) is 30.3 Å². The molecule has 0 aliphatic rings. The van der Waals surface area contributed by atoms with Gasteiger partial charge in [-0.15, -0.1) is 0 Å². The largest absolute Gasteiger partial charge is 0.326 e. The molecule has 0 aliphatic heterocycles. The molecule has 3 aromatic rings. The smallest absolute Gasteiger partial charge is 0.135 e. The van der Waals surface area contributed by atoms with Gasteiger partial charge < -0.3 is 5.73 Å². The quantitative estimate of drug-likeness (QED) is 0.727. The normalized spacial score (nSPS) is 10.9. The lowest BCUT2D eigenvalue weighted by atomic mass is 9.99. The van der Waals surface area contributed by atoms with Crippen LogP contribution in [0.4, 0.5) is 0 Å². The first-order chi connectivity index (χ1) is 8.38. The van der Waals surface area contributed by atoms with Crippen LogP contribution in [0.2, 0.25) is 0 Å². The molecule has 4 heteroatoms. The molecule has 0 atom stereocenters. The Labute approximate surface area is 98.0 Å². The molecular weight excluding hydrogens is 214 g/mol. The van der Waals surface area contributed by atoms with Gasteiger partial charge in [-0.2, -0.15) is 0 Å². The van der Waals surface area contributed by atoms with Crippen molar-refractivity contribution in [3.8, 4) is 11.1 Å². The number of aromatic nitrogens is 2. The summed E-state index contributed by atoms with van der Waals surface area (Å²) < 4.78 is 4.69. The van der Waals surface area contributed by atoms with Gasteiger partial charge in [0.1, 0.15) is 11.0 Å². The second-order valence-corrected chi connectivity index (χ2v) is 3.83. The second kappa shape index (κ2) is 3.99. The van der Waals surface area contributed by atoms with E-state index in [0.29, 0.717) is 6.54 Å². The molecule has 3 rings (SSSR count). The Balaban J connectivity index is 2.19. The summed E-state index contributed by atoms with van der Waals surface area (Å²) in [7, 11) is 0. The van der Waals surface area contributed by atoms with E-state index in [2.05, 4.69) is 21.0 Å². The van der Waals surface area contributed by atoms with Crippen molar-refractivity contribution in [1.82, 2.24) is 10.3 Å². The van der Waals surface area contributed by atoms with E-state index in [4.69, 9.17) is 5.73 Å². The summed E-state index contributed by atoms with van der Waals surface area (Å²) in [6.45, 7) is 0.519. The molecule has 0 saturated heterocycles. The molecular formula is C13H11N3O. The van der Waals surface area contributed by atoms with Gasteiger partial charge in [-0.25, -0.2) is 4.63 Å². The molecule has 2 aromatic carbocycles. The van der Waals surface area contributed by atoms with Crippen molar-refractivity contribution < 1.29 is 4.63 Å². The molecule has 84 valence electrons. The van der Waals surface area contributed by atoms with E-state index in [-0.39, 0.29) is 0 Å². The van der Waals surface area contributed by atoms with Crippen LogP contribution in [0.15, 0.2) is 47.1 Å². The van der Waals surface area contributed by atoms with E-state index >= 15 is 0 Å². The molecule has 2 N–H and O–H groups in total. The maximum Gasteiger partial charge on any atom is 0.135 e. The lowest BCUT2D eigenvalue weighted by Gasteiger charge is -2.06. The minimum atomic E-state index is 0.519. The van der Waals surface area contributed by atoms with Gasteiger partial charge >= 0.3 is 0 Å². The number of fused-ring (bicyclic) bond motifs is 1. The average molecular weight is 225 g/mol. The first-order valence-corrected chi connectivity index (χ1v) is 5.39. The monoisotopic (exact) mass is 225 g/mol. The van der Waals surface area contributed by atoms with Crippen LogP contribution in [0.3, 0.4) is 0 Å². The second-order valence-electron chi connectivity index (χ2n) is 3.83. The zero-order valence-electron chi connectivity index (χ0n) is 9.13. The Morgan fingerprint density at radius 3 is 2.71 bits per heavy atom. The standard InChI is InChI=1S/C13H11N3O/c14-8-10-3-1-2-4-11(10)9-5-6-12-13(7-9)16-17-15-12/h1-7H,8,14H2. The highest BCUT2D eigenvalue weighted by Crippen LogP contribution is 2.25. The van der Waals surface area contributed by atoms with Crippen molar-refractivity contribution in [3.05, 3.63) is 48.0 Å². The molecule has 17 heavy (non-hydrogen) atoms. The Morgan fingerprint density at radius 1 is 1.00 bits per heavy atom. The molecule has 0 bridgehead atoms. The third-order valence-corrected chi connectivity index (χ3v) is 2.80. The fourth-order valence-corrected chi connectivity index (χ4v) is 1.93. The number of nitrogens with zero attached hydrogens (tertiary/aromatic N) is 2. The number of rotatable bonds is 2. The van der Waals surface area contributed by atoms with E-state index < -0.39 is 0 Å². The van der Waals surface area contributed by atoms with Gasteiger partial charge in [0.25, 0.3) is 0 Å². The van der Waals surface area contributed by atoms with Crippen molar-refractivity contribution in [3.63, 3.8) is 0 Å². The minimum Gasteiger partial charge on any atom is -0.326 e. The summed E-state index contributed by atoms with van der Waals surface area (Å²) in [6.07, 6.45) is 0. The molecule has 4 nitrogen and oxygen atoms in total. The first kappa shape index (κ1) is 9.99. The third-order valence-electron chi connectivity index (χ3n) is 2.80. The highest BCUT2D eigenvalue weighted by Gasteiger charge is 2.06. The van der Waals surface area contributed by atoms with E-state index in [1.165, 1.54) is 0 Å². The number of hydrogen-bond acceptors (Lipinski definition) is 4. The summed E-state index contributed by atoms with van der Waals surface area (Å²) in [4.78, 5) is 0. The lowest BCUT2D eigenvalue weighted by Crippen LogP contribution is -1.98. The van der Waals surface area contributed by atoms with Crippen molar-refractivity contribution in [2.75, 3.05) is 0 Å². The Bertz CT molecular complexity index is 660. The number of hydrogen-bond donors (Lipinski definition) is 1. The molecule has 0 radical (unpaired) electrons. The van der Waals surface area contributed by atoms with Crippen molar-refractivity contribution in [2.24, 2.45) is 5.73 Å². The van der Waals surface area contributed by atoms with Gasteiger partial charge in [0.05, 0.1) is 0 Å². The van der Waals surface area contributed by atoms with E-state index in [9.17, 15) is 0 Å². The van der Waals surface area contributed by atoms with Crippen molar-refractivity contribution in [1.29, 1.82) is 0 Å².